The van der Waals surface area contributed by atoms with Crippen molar-refractivity contribution in [3.63, 3.8) is 0 Å². The van der Waals surface area contributed by atoms with E-state index < -0.39 is 0 Å². The van der Waals surface area contributed by atoms with E-state index in [9.17, 15) is 0 Å². The number of rotatable bonds is 5. The summed E-state index contributed by atoms with van der Waals surface area (Å²) in [5.74, 6) is 0. The molecule has 2 nitrogen and oxygen atoms in total. The maximum absolute atomic E-state index is 8.58. The summed E-state index contributed by atoms with van der Waals surface area (Å²) in [5, 5.41) is 8.58. The van der Waals surface area contributed by atoms with Gasteiger partial charge in [-0.3, -0.25) is 0 Å². The van der Waals surface area contributed by atoms with Crippen molar-refractivity contribution < 1.29 is 26.9 Å². The summed E-state index contributed by atoms with van der Waals surface area (Å²) < 4.78 is 5.43. The Morgan fingerprint density at radius 2 is 1.61 bits per heavy atom. The zero-order valence-corrected chi connectivity index (χ0v) is 11.7. The standard InChI is InChI=1S/C10H15O2.C5H5.Fe/c1-2-10(12-8-7-11)9-5-3-4-6-9;1-2-4-5-3-1;/h3-6,10-11H,2,7-8H2,1H3;1-5H;/q-1;-5;. The molecule has 18 heavy (non-hydrogen) atoms. The minimum Gasteiger partial charge on any atom is -0.748 e. The normalized spacial score (nSPS) is 11.0. The van der Waals surface area contributed by atoms with Crippen LogP contribution < -0.4 is 0 Å². The Kier molecular flexibility index (Phi) is 10.7. The van der Waals surface area contributed by atoms with Crippen LogP contribution in [0, 0.1) is 0 Å². The molecule has 0 aliphatic heterocycles. The van der Waals surface area contributed by atoms with Gasteiger partial charge in [0.2, 0.25) is 0 Å². The van der Waals surface area contributed by atoms with Crippen molar-refractivity contribution in [3.8, 4) is 0 Å². The molecule has 0 heterocycles. The molecule has 2 aromatic rings. The Labute approximate surface area is 120 Å². The maximum atomic E-state index is 8.58. The van der Waals surface area contributed by atoms with Crippen LogP contribution in [0.4, 0.5) is 0 Å². The predicted molar refractivity (Wildman–Crippen MR) is 70.1 cm³/mol. The van der Waals surface area contributed by atoms with E-state index >= 15 is 0 Å². The van der Waals surface area contributed by atoms with Gasteiger partial charge < -0.3 is 40.2 Å². The van der Waals surface area contributed by atoms with Crippen molar-refractivity contribution in [1.82, 2.24) is 0 Å². The molecule has 0 saturated carbocycles. The molecule has 2 aromatic carbocycles. The van der Waals surface area contributed by atoms with Crippen LogP contribution in [0.2, 0.25) is 0 Å². The fourth-order valence-electron chi connectivity index (χ4n) is 1.57. The predicted octanol–water partition coefficient (Wildman–Crippen LogP) is 3.27. The number of hydrogen-bond acceptors (Lipinski definition) is 2. The molecule has 1 N–H and O–H groups in total. The Hall–Kier alpha value is -0.861. The second-order valence-electron chi connectivity index (χ2n) is 3.67. The third kappa shape index (κ3) is 6.77. The molecule has 0 bridgehead atoms. The van der Waals surface area contributed by atoms with Crippen molar-refractivity contribution in [2.45, 2.75) is 19.4 Å². The summed E-state index contributed by atoms with van der Waals surface area (Å²) in [6, 6.07) is 18.1. The van der Waals surface area contributed by atoms with Crippen LogP contribution in [0.3, 0.4) is 0 Å². The third-order valence-electron chi connectivity index (χ3n) is 2.40. The van der Waals surface area contributed by atoms with Crippen molar-refractivity contribution in [1.29, 1.82) is 0 Å². The molecule has 0 spiro atoms. The van der Waals surface area contributed by atoms with Gasteiger partial charge in [0.25, 0.3) is 0 Å². The fourth-order valence-corrected chi connectivity index (χ4v) is 1.57. The van der Waals surface area contributed by atoms with Crippen molar-refractivity contribution >= 4 is 0 Å². The molecule has 0 saturated heterocycles. The molecule has 0 radical (unpaired) electrons. The average Bonchev–Trinajstić information content (AvgIpc) is 3.06. The van der Waals surface area contributed by atoms with Gasteiger partial charge in [-0.2, -0.15) is 12.1 Å². The van der Waals surface area contributed by atoms with Crippen LogP contribution in [-0.4, -0.2) is 18.3 Å². The van der Waals surface area contributed by atoms with Gasteiger partial charge in [0.15, 0.2) is 0 Å². The molecule has 0 aliphatic rings. The maximum Gasteiger partial charge on any atom is 0.0691 e. The molecule has 1 unspecified atom stereocenters. The SMILES string of the molecule is CCC(OCCO)[c-]1cccc1.[Fe].[cH-]1[cH-][cH-][cH-][cH-]1. The number of hydrogen-bond donors (Lipinski definition) is 1. The van der Waals surface area contributed by atoms with E-state index in [-0.39, 0.29) is 29.8 Å². The van der Waals surface area contributed by atoms with Gasteiger partial charge >= 0.3 is 0 Å². The monoisotopic (exact) mass is 288 g/mol. The summed E-state index contributed by atoms with van der Waals surface area (Å²) in [4.78, 5) is 0. The fraction of sp³-hybridized carbons (Fsp3) is 0.333. The van der Waals surface area contributed by atoms with Gasteiger partial charge in [0, 0.05) is 23.2 Å². The quantitative estimate of drug-likeness (QED) is 0.676. The topological polar surface area (TPSA) is 29.5 Å². The van der Waals surface area contributed by atoms with Gasteiger partial charge in [-0.25, -0.2) is 12.1 Å². The largest absolute Gasteiger partial charge is 0.748 e. The average molecular weight is 288 g/mol. The summed E-state index contributed by atoms with van der Waals surface area (Å²) >= 11 is 0. The first kappa shape index (κ1) is 17.1. The number of aliphatic hydroxyl groups excluding tert-OH is 1. The van der Waals surface area contributed by atoms with E-state index in [0.29, 0.717) is 6.61 Å². The van der Waals surface area contributed by atoms with Crippen molar-refractivity contribution in [2.24, 2.45) is 0 Å². The summed E-state index contributed by atoms with van der Waals surface area (Å²) in [6.45, 7) is 2.59. The molecule has 0 aliphatic carbocycles. The Balaban J connectivity index is 0.000000405. The second-order valence-corrected chi connectivity index (χ2v) is 3.67. The van der Waals surface area contributed by atoms with E-state index in [1.165, 1.54) is 5.56 Å². The summed E-state index contributed by atoms with van der Waals surface area (Å²) in [7, 11) is 0. The minimum atomic E-state index is 0. The first-order valence-corrected chi connectivity index (χ1v) is 5.99. The third-order valence-corrected chi connectivity index (χ3v) is 2.40. The van der Waals surface area contributed by atoms with Gasteiger partial charge in [0.05, 0.1) is 13.2 Å². The second kappa shape index (κ2) is 11.2. The van der Waals surface area contributed by atoms with Crippen LogP contribution >= 0.6 is 0 Å². The van der Waals surface area contributed by atoms with Crippen LogP contribution in [0.5, 0.6) is 0 Å². The molecule has 3 heteroatoms. The zero-order chi connectivity index (χ0) is 12.3. The Bertz CT molecular complexity index is 323. The van der Waals surface area contributed by atoms with E-state index in [1.807, 2.05) is 54.6 Å². The van der Waals surface area contributed by atoms with Gasteiger partial charge in [-0.05, 0) is 6.42 Å². The smallest absolute Gasteiger partial charge is 0.0691 e. The first-order chi connectivity index (χ1) is 8.38. The first-order valence-electron chi connectivity index (χ1n) is 5.99. The van der Waals surface area contributed by atoms with Crippen LogP contribution in [0.1, 0.15) is 25.0 Å². The van der Waals surface area contributed by atoms with E-state index in [4.69, 9.17) is 9.84 Å². The van der Waals surface area contributed by atoms with Gasteiger partial charge in [0.1, 0.15) is 0 Å². The Morgan fingerprint density at radius 1 is 1.11 bits per heavy atom. The van der Waals surface area contributed by atoms with Crippen LogP contribution in [0.25, 0.3) is 0 Å². The molecular formula is C15H20FeO2-6. The Morgan fingerprint density at radius 3 is 2.00 bits per heavy atom. The van der Waals surface area contributed by atoms with Crippen molar-refractivity contribution in [3.05, 3.63) is 60.2 Å². The van der Waals surface area contributed by atoms with Crippen LogP contribution in [-0.2, 0) is 21.8 Å². The van der Waals surface area contributed by atoms with Gasteiger partial charge in [-0.1, -0.05) is 6.92 Å². The molecule has 0 aromatic heterocycles. The summed E-state index contributed by atoms with van der Waals surface area (Å²) in [5.41, 5.74) is 1.20. The number of aliphatic hydroxyl groups is 1. The molecular weight excluding hydrogens is 268 g/mol. The summed E-state index contributed by atoms with van der Waals surface area (Å²) in [6.07, 6.45) is 1.09. The zero-order valence-electron chi connectivity index (χ0n) is 10.6. The van der Waals surface area contributed by atoms with E-state index in [0.717, 1.165) is 6.42 Å². The minimum absolute atomic E-state index is 0. The molecule has 106 valence electrons. The molecule has 0 amide bonds. The molecule has 2 rings (SSSR count). The van der Waals surface area contributed by atoms with E-state index in [2.05, 4.69) is 6.92 Å². The van der Waals surface area contributed by atoms with Crippen LogP contribution in [0.15, 0.2) is 54.6 Å². The van der Waals surface area contributed by atoms with Crippen molar-refractivity contribution in [2.75, 3.05) is 13.2 Å². The van der Waals surface area contributed by atoms with E-state index in [1.54, 1.807) is 0 Å². The molecule has 0 fully saturated rings. The molecule has 1 atom stereocenters. The van der Waals surface area contributed by atoms with Gasteiger partial charge in [-0.15, -0.1) is 5.56 Å². The number of ether oxygens (including phenoxy) is 1.